The highest BCUT2D eigenvalue weighted by Gasteiger charge is 2.29. The molecular weight excluding hydrogens is 266 g/mol. The molecule has 1 atom stereocenters. The first-order chi connectivity index (χ1) is 10.2. The summed E-state index contributed by atoms with van der Waals surface area (Å²) < 4.78 is 0. The first-order valence-corrected chi connectivity index (χ1v) is 7.54. The average Bonchev–Trinajstić information content (AvgIpc) is 2.51. The Balaban J connectivity index is 2.13. The summed E-state index contributed by atoms with van der Waals surface area (Å²) in [4.78, 5) is 26.0. The van der Waals surface area contributed by atoms with Crippen LogP contribution in [0.2, 0.25) is 0 Å². The molecule has 1 heterocycles. The molecule has 1 aromatic carbocycles. The van der Waals surface area contributed by atoms with Gasteiger partial charge in [-0.2, -0.15) is 0 Å². The highest BCUT2D eigenvalue weighted by atomic mass is 16.2. The van der Waals surface area contributed by atoms with Crippen molar-refractivity contribution in [1.82, 2.24) is 15.5 Å². The van der Waals surface area contributed by atoms with Gasteiger partial charge in [-0.1, -0.05) is 24.3 Å². The van der Waals surface area contributed by atoms with Gasteiger partial charge < -0.3 is 15.5 Å². The number of hydrogen-bond donors (Lipinski definition) is 2. The second kappa shape index (κ2) is 7.22. The molecule has 2 amide bonds. The third-order valence-corrected chi connectivity index (χ3v) is 3.76. The molecule has 2 N–H and O–H groups in total. The molecule has 0 bridgehead atoms. The van der Waals surface area contributed by atoms with E-state index in [1.54, 1.807) is 4.90 Å². The Hall–Kier alpha value is -1.88. The Bertz CT molecular complexity index is 516. The fraction of sp³-hybridized carbons (Fsp3) is 0.500. The van der Waals surface area contributed by atoms with Gasteiger partial charge in [0.05, 0.1) is 6.54 Å². The maximum absolute atomic E-state index is 12.7. The fourth-order valence-corrected chi connectivity index (χ4v) is 2.68. The Kier molecular flexibility index (Phi) is 5.33. The van der Waals surface area contributed by atoms with Crippen LogP contribution in [0.25, 0.3) is 0 Å². The Morgan fingerprint density at radius 2 is 2.10 bits per heavy atom. The van der Waals surface area contributed by atoms with E-state index in [2.05, 4.69) is 16.7 Å². The maximum Gasteiger partial charge on any atom is 0.244 e. The lowest BCUT2D eigenvalue weighted by Gasteiger charge is -2.30. The number of likely N-dealkylation sites (N-methyl/N-ethyl adjacent to an activating group) is 2. The first-order valence-electron chi connectivity index (χ1n) is 7.54. The van der Waals surface area contributed by atoms with Crippen LogP contribution in [-0.2, 0) is 16.0 Å². The molecular formula is C16H23N3O2. The number of nitrogens with zero attached hydrogens (tertiary/aromatic N) is 1. The van der Waals surface area contributed by atoms with Crippen molar-refractivity contribution in [2.75, 3.05) is 26.2 Å². The predicted octanol–water partition coefficient (Wildman–Crippen LogP) is 0.858. The lowest BCUT2D eigenvalue weighted by Crippen LogP contribution is -2.47. The summed E-state index contributed by atoms with van der Waals surface area (Å²) in [5, 5.41) is 6.01. The summed E-state index contributed by atoms with van der Waals surface area (Å²) >= 11 is 0. The molecule has 1 aromatic rings. The van der Waals surface area contributed by atoms with Gasteiger partial charge >= 0.3 is 0 Å². The Morgan fingerprint density at radius 1 is 1.33 bits per heavy atom. The number of amides is 2. The van der Waals surface area contributed by atoms with Crippen LogP contribution in [0.5, 0.6) is 0 Å². The number of rotatable bonds is 5. The van der Waals surface area contributed by atoms with Crippen LogP contribution < -0.4 is 10.6 Å². The zero-order valence-electron chi connectivity index (χ0n) is 12.7. The lowest BCUT2D eigenvalue weighted by atomic mass is 9.93. The minimum absolute atomic E-state index is 0.0316. The standard InChI is InChI=1S/C16H23N3O2/c1-3-17-14(20)11-19(4-2)16(21)15-13-8-6-5-7-12(13)9-10-18-15/h5-8,15,18H,3-4,9-11H2,1-2H3,(H,17,20). The van der Waals surface area contributed by atoms with E-state index in [1.807, 2.05) is 32.0 Å². The average molecular weight is 289 g/mol. The molecule has 0 radical (unpaired) electrons. The van der Waals surface area contributed by atoms with Gasteiger partial charge in [-0.05, 0) is 31.4 Å². The van der Waals surface area contributed by atoms with Crippen LogP contribution in [0.15, 0.2) is 24.3 Å². The molecule has 0 saturated heterocycles. The molecule has 114 valence electrons. The van der Waals surface area contributed by atoms with Gasteiger partial charge in [0.2, 0.25) is 11.8 Å². The number of carbonyl (C=O) groups is 2. The smallest absolute Gasteiger partial charge is 0.244 e. The minimum Gasteiger partial charge on any atom is -0.355 e. The number of fused-ring (bicyclic) bond motifs is 1. The van der Waals surface area contributed by atoms with Crippen LogP contribution in [0, 0.1) is 0 Å². The van der Waals surface area contributed by atoms with Gasteiger partial charge in [-0.25, -0.2) is 0 Å². The summed E-state index contributed by atoms with van der Waals surface area (Å²) in [5.41, 5.74) is 2.24. The summed E-state index contributed by atoms with van der Waals surface area (Å²) in [6.07, 6.45) is 0.933. The van der Waals surface area contributed by atoms with E-state index in [4.69, 9.17) is 0 Å². The predicted molar refractivity (Wildman–Crippen MR) is 81.8 cm³/mol. The van der Waals surface area contributed by atoms with Gasteiger partial charge in [-0.3, -0.25) is 9.59 Å². The molecule has 1 aliphatic heterocycles. The highest BCUT2D eigenvalue weighted by Crippen LogP contribution is 2.24. The van der Waals surface area contributed by atoms with E-state index in [1.165, 1.54) is 5.56 Å². The van der Waals surface area contributed by atoms with E-state index in [0.717, 1.165) is 18.5 Å². The molecule has 0 spiro atoms. The second-order valence-corrected chi connectivity index (χ2v) is 5.14. The van der Waals surface area contributed by atoms with E-state index < -0.39 is 0 Å². The maximum atomic E-state index is 12.7. The van der Waals surface area contributed by atoms with Crippen LogP contribution in [-0.4, -0.2) is 42.9 Å². The molecule has 21 heavy (non-hydrogen) atoms. The van der Waals surface area contributed by atoms with E-state index in [-0.39, 0.29) is 24.4 Å². The summed E-state index contributed by atoms with van der Waals surface area (Å²) in [7, 11) is 0. The largest absolute Gasteiger partial charge is 0.355 e. The third-order valence-electron chi connectivity index (χ3n) is 3.76. The van der Waals surface area contributed by atoms with Gasteiger partial charge in [-0.15, -0.1) is 0 Å². The number of nitrogens with one attached hydrogen (secondary N) is 2. The SMILES string of the molecule is CCNC(=O)CN(CC)C(=O)C1NCCc2ccccc21. The van der Waals surface area contributed by atoms with Gasteiger partial charge in [0, 0.05) is 19.6 Å². The third kappa shape index (κ3) is 3.61. The number of carbonyl (C=O) groups excluding carboxylic acids is 2. The topological polar surface area (TPSA) is 61.4 Å². The van der Waals surface area contributed by atoms with Crippen molar-refractivity contribution in [3.8, 4) is 0 Å². The van der Waals surface area contributed by atoms with Crippen molar-refractivity contribution in [2.45, 2.75) is 26.3 Å². The monoisotopic (exact) mass is 289 g/mol. The minimum atomic E-state index is -0.343. The molecule has 0 fully saturated rings. The second-order valence-electron chi connectivity index (χ2n) is 5.14. The normalized spacial score (nSPS) is 17.0. The van der Waals surface area contributed by atoms with Crippen LogP contribution >= 0.6 is 0 Å². The lowest BCUT2D eigenvalue weighted by molar-refractivity contribution is -0.137. The molecule has 5 heteroatoms. The molecule has 1 aliphatic rings. The van der Waals surface area contributed by atoms with Gasteiger partial charge in [0.25, 0.3) is 0 Å². The summed E-state index contributed by atoms with van der Waals surface area (Å²) in [5.74, 6) is -0.146. The van der Waals surface area contributed by atoms with Crippen molar-refractivity contribution in [2.24, 2.45) is 0 Å². The Labute approximate surface area is 125 Å². The summed E-state index contributed by atoms with van der Waals surface area (Å²) in [6.45, 7) is 5.77. The van der Waals surface area contributed by atoms with Gasteiger partial charge in [0.15, 0.2) is 0 Å². The molecule has 5 nitrogen and oxygen atoms in total. The quantitative estimate of drug-likeness (QED) is 0.845. The molecule has 1 unspecified atom stereocenters. The molecule has 2 rings (SSSR count). The molecule has 0 aromatic heterocycles. The van der Waals surface area contributed by atoms with Crippen LogP contribution in [0.1, 0.15) is 31.0 Å². The van der Waals surface area contributed by atoms with Crippen molar-refractivity contribution >= 4 is 11.8 Å². The van der Waals surface area contributed by atoms with Crippen LogP contribution in [0.4, 0.5) is 0 Å². The fourth-order valence-electron chi connectivity index (χ4n) is 2.68. The zero-order valence-corrected chi connectivity index (χ0v) is 12.7. The Morgan fingerprint density at radius 3 is 2.81 bits per heavy atom. The highest BCUT2D eigenvalue weighted by molar-refractivity contribution is 5.88. The summed E-state index contributed by atoms with van der Waals surface area (Å²) in [6, 6.07) is 7.66. The molecule has 0 saturated carbocycles. The molecule has 0 aliphatic carbocycles. The van der Waals surface area contributed by atoms with Crippen molar-refractivity contribution in [1.29, 1.82) is 0 Å². The van der Waals surface area contributed by atoms with E-state index in [0.29, 0.717) is 13.1 Å². The van der Waals surface area contributed by atoms with Gasteiger partial charge in [0.1, 0.15) is 6.04 Å². The van der Waals surface area contributed by atoms with Crippen molar-refractivity contribution < 1.29 is 9.59 Å². The zero-order chi connectivity index (χ0) is 15.2. The van der Waals surface area contributed by atoms with Crippen molar-refractivity contribution in [3.05, 3.63) is 35.4 Å². The first kappa shape index (κ1) is 15.5. The van der Waals surface area contributed by atoms with E-state index >= 15 is 0 Å². The number of hydrogen-bond acceptors (Lipinski definition) is 3. The number of benzene rings is 1. The van der Waals surface area contributed by atoms with Crippen LogP contribution in [0.3, 0.4) is 0 Å². The van der Waals surface area contributed by atoms with Crippen molar-refractivity contribution in [3.63, 3.8) is 0 Å². The van der Waals surface area contributed by atoms with E-state index in [9.17, 15) is 9.59 Å².